The molecule has 6 heteroatoms. The number of primary amides is 1. The summed E-state index contributed by atoms with van der Waals surface area (Å²) in [5.74, 6) is -0.271. The van der Waals surface area contributed by atoms with Gasteiger partial charge >= 0.3 is 0 Å². The number of ether oxygens (including phenoxy) is 1. The van der Waals surface area contributed by atoms with Gasteiger partial charge in [0.05, 0.1) is 19.3 Å². The second-order valence-electron chi connectivity index (χ2n) is 5.09. The molecule has 0 aliphatic carbocycles. The highest BCUT2D eigenvalue weighted by Crippen LogP contribution is 2.16. The van der Waals surface area contributed by atoms with Crippen molar-refractivity contribution in [1.82, 2.24) is 15.1 Å². The largest absolute Gasteiger partial charge is 0.379 e. The number of carbonyl (C=O) groups excluding carboxylic acids is 1. The lowest BCUT2D eigenvalue weighted by Gasteiger charge is -2.32. The van der Waals surface area contributed by atoms with Gasteiger partial charge < -0.3 is 15.8 Å². The molecule has 18 heavy (non-hydrogen) atoms. The van der Waals surface area contributed by atoms with Crippen LogP contribution in [0.4, 0.5) is 0 Å². The molecule has 2 rings (SSSR count). The average Bonchev–Trinajstić information content (AvgIpc) is 2.85. The number of rotatable bonds is 5. The molecule has 3 N–H and O–H groups in total. The van der Waals surface area contributed by atoms with Crippen LogP contribution in [0, 0.1) is 0 Å². The van der Waals surface area contributed by atoms with E-state index in [0.717, 1.165) is 39.4 Å². The minimum absolute atomic E-state index is 0.242. The monoisotopic (exact) mass is 256 g/mol. The summed E-state index contributed by atoms with van der Waals surface area (Å²) in [7, 11) is 1.78. The van der Waals surface area contributed by atoms with Gasteiger partial charge in [-0.05, 0) is 20.0 Å². The fourth-order valence-corrected chi connectivity index (χ4v) is 2.80. The highest BCUT2D eigenvalue weighted by atomic mass is 16.5. The molecule has 1 amide bonds. The van der Waals surface area contributed by atoms with Gasteiger partial charge in [0.25, 0.3) is 0 Å². The van der Waals surface area contributed by atoms with Crippen molar-refractivity contribution in [3.8, 4) is 0 Å². The van der Waals surface area contributed by atoms with E-state index in [1.807, 2.05) is 0 Å². The first-order valence-electron chi connectivity index (χ1n) is 6.71. The molecule has 2 heterocycles. The molecule has 6 nitrogen and oxygen atoms in total. The topological polar surface area (TPSA) is 70.8 Å². The van der Waals surface area contributed by atoms with Gasteiger partial charge in [0.2, 0.25) is 5.91 Å². The van der Waals surface area contributed by atoms with Gasteiger partial charge in [-0.25, -0.2) is 0 Å². The number of likely N-dealkylation sites (tertiary alicyclic amines) is 1. The lowest BCUT2D eigenvalue weighted by atomic mass is 10.2. The SMILES string of the molecule is CNC(CN1CCC(N2CCOCC2)C1)C(N)=O. The fraction of sp³-hybridized carbons (Fsp3) is 0.917. The van der Waals surface area contributed by atoms with E-state index < -0.39 is 0 Å². The lowest BCUT2D eigenvalue weighted by Crippen LogP contribution is -2.49. The third-order valence-electron chi connectivity index (χ3n) is 3.94. The van der Waals surface area contributed by atoms with Crippen LogP contribution in [0.2, 0.25) is 0 Å². The summed E-state index contributed by atoms with van der Waals surface area (Å²) >= 11 is 0. The summed E-state index contributed by atoms with van der Waals surface area (Å²) < 4.78 is 5.37. The number of nitrogens with one attached hydrogen (secondary N) is 1. The molecular formula is C12H24N4O2. The first-order valence-corrected chi connectivity index (χ1v) is 6.71. The van der Waals surface area contributed by atoms with Crippen molar-refractivity contribution in [3.63, 3.8) is 0 Å². The third-order valence-corrected chi connectivity index (χ3v) is 3.94. The first kappa shape index (κ1) is 13.7. The Balaban J connectivity index is 1.78. The maximum Gasteiger partial charge on any atom is 0.235 e. The van der Waals surface area contributed by atoms with Gasteiger partial charge in [0, 0.05) is 32.2 Å². The number of morpholine rings is 1. The molecule has 0 bridgehead atoms. The zero-order valence-electron chi connectivity index (χ0n) is 11.1. The van der Waals surface area contributed by atoms with Crippen molar-refractivity contribution >= 4 is 5.91 Å². The van der Waals surface area contributed by atoms with Gasteiger partial charge in [-0.1, -0.05) is 0 Å². The van der Waals surface area contributed by atoms with E-state index in [1.54, 1.807) is 7.05 Å². The van der Waals surface area contributed by atoms with Gasteiger partial charge in [-0.3, -0.25) is 14.6 Å². The van der Waals surface area contributed by atoms with E-state index in [4.69, 9.17) is 10.5 Å². The molecule has 0 aromatic rings. The quantitative estimate of drug-likeness (QED) is 0.624. The van der Waals surface area contributed by atoms with E-state index in [2.05, 4.69) is 15.1 Å². The van der Waals surface area contributed by atoms with Crippen LogP contribution in [0.1, 0.15) is 6.42 Å². The maximum absolute atomic E-state index is 11.2. The number of nitrogens with zero attached hydrogens (tertiary/aromatic N) is 2. The summed E-state index contributed by atoms with van der Waals surface area (Å²) in [5, 5.41) is 2.97. The predicted octanol–water partition coefficient (Wildman–Crippen LogP) is -1.53. The van der Waals surface area contributed by atoms with Crippen molar-refractivity contribution in [2.45, 2.75) is 18.5 Å². The smallest absolute Gasteiger partial charge is 0.235 e. The molecule has 2 atom stereocenters. The summed E-state index contributed by atoms with van der Waals surface area (Å²) in [6.07, 6.45) is 1.18. The number of hydrogen-bond acceptors (Lipinski definition) is 5. The van der Waals surface area contributed by atoms with Crippen LogP contribution in [0.15, 0.2) is 0 Å². The molecule has 0 spiro atoms. The van der Waals surface area contributed by atoms with Gasteiger partial charge in [-0.15, -0.1) is 0 Å². The summed E-state index contributed by atoms with van der Waals surface area (Å²) in [5.41, 5.74) is 5.35. The zero-order chi connectivity index (χ0) is 13.0. The number of likely N-dealkylation sites (N-methyl/N-ethyl adjacent to an activating group) is 1. The Bertz CT molecular complexity index is 281. The van der Waals surface area contributed by atoms with Crippen LogP contribution >= 0.6 is 0 Å². The highest BCUT2D eigenvalue weighted by molar-refractivity contribution is 5.80. The zero-order valence-corrected chi connectivity index (χ0v) is 11.1. The van der Waals surface area contributed by atoms with E-state index in [1.165, 1.54) is 6.42 Å². The standard InChI is InChI=1S/C12H24N4O2/c1-14-11(12(13)17)9-15-3-2-10(8-15)16-4-6-18-7-5-16/h10-11,14H,2-9H2,1H3,(H2,13,17). The third kappa shape index (κ3) is 3.41. The van der Waals surface area contributed by atoms with Gasteiger partial charge in [0.15, 0.2) is 0 Å². The molecule has 2 aliphatic rings. The Hall–Kier alpha value is -0.690. The number of nitrogens with two attached hydrogens (primary N) is 1. The van der Waals surface area contributed by atoms with Gasteiger partial charge in [-0.2, -0.15) is 0 Å². The van der Waals surface area contributed by atoms with E-state index in [0.29, 0.717) is 12.6 Å². The highest BCUT2D eigenvalue weighted by Gasteiger charge is 2.30. The molecule has 104 valence electrons. The maximum atomic E-state index is 11.2. The van der Waals surface area contributed by atoms with Crippen molar-refractivity contribution in [1.29, 1.82) is 0 Å². The fourth-order valence-electron chi connectivity index (χ4n) is 2.80. The van der Waals surface area contributed by atoms with Crippen molar-refractivity contribution < 1.29 is 9.53 Å². The van der Waals surface area contributed by atoms with Gasteiger partial charge in [0.1, 0.15) is 0 Å². The summed E-state index contributed by atoms with van der Waals surface area (Å²) in [6.45, 7) is 6.55. The molecular weight excluding hydrogens is 232 g/mol. The van der Waals surface area contributed by atoms with E-state index >= 15 is 0 Å². The number of amides is 1. The summed E-state index contributed by atoms with van der Waals surface area (Å²) in [6, 6.07) is 0.368. The number of carbonyl (C=O) groups is 1. The Morgan fingerprint density at radius 1 is 1.44 bits per heavy atom. The summed E-state index contributed by atoms with van der Waals surface area (Å²) in [4.78, 5) is 16.0. The predicted molar refractivity (Wildman–Crippen MR) is 69.3 cm³/mol. The normalized spacial score (nSPS) is 28.4. The Morgan fingerprint density at radius 2 is 2.17 bits per heavy atom. The van der Waals surface area contributed by atoms with Crippen LogP contribution < -0.4 is 11.1 Å². The van der Waals surface area contributed by atoms with Crippen LogP contribution in [-0.4, -0.2) is 80.8 Å². The molecule has 2 fully saturated rings. The second kappa shape index (κ2) is 6.47. The van der Waals surface area contributed by atoms with E-state index in [9.17, 15) is 4.79 Å². The number of hydrogen-bond donors (Lipinski definition) is 2. The molecule has 0 aromatic heterocycles. The minimum atomic E-state index is -0.271. The first-order chi connectivity index (χ1) is 8.70. The molecule has 0 aromatic carbocycles. The Morgan fingerprint density at radius 3 is 2.78 bits per heavy atom. The van der Waals surface area contributed by atoms with Crippen LogP contribution in [0.25, 0.3) is 0 Å². The molecule has 2 unspecified atom stereocenters. The Kier molecular flexibility index (Phi) is 4.94. The van der Waals surface area contributed by atoms with Crippen molar-refractivity contribution in [3.05, 3.63) is 0 Å². The van der Waals surface area contributed by atoms with Crippen LogP contribution in [-0.2, 0) is 9.53 Å². The lowest BCUT2D eigenvalue weighted by molar-refractivity contribution is -0.120. The van der Waals surface area contributed by atoms with Crippen molar-refractivity contribution in [2.75, 3.05) is 53.0 Å². The second-order valence-corrected chi connectivity index (χ2v) is 5.09. The molecule has 2 saturated heterocycles. The molecule has 0 radical (unpaired) electrons. The molecule has 2 aliphatic heterocycles. The van der Waals surface area contributed by atoms with Crippen molar-refractivity contribution in [2.24, 2.45) is 5.73 Å². The molecule has 0 saturated carbocycles. The Labute approximate surface area is 108 Å². The minimum Gasteiger partial charge on any atom is -0.379 e. The van der Waals surface area contributed by atoms with E-state index in [-0.39, 0.29) is 11.9 Å². The van der Waals surface area contributed by atoms with Crippen LogP contribution in [0.5, 0.6) is 0 Å². The van der Waals surface area contributed by atoms with Crippen LogP contribution in [0.3, 0.4) is 0 Å². The average molecular weight is 256 g/mol.